The van der Waals surface area contributed by atoms with E-state index in [1.807, 2.05) is 66.7 Å². The maximum absolute atomic E-state index is 13.4. The second kappa shape index (κ2) is 13.0. The predicted octanol–water partition coefficient (Wildman–Crippen LogP) is 6.60. The number of halogens is 1. The number of nitrogens with one attached hydrogen (secondary N) is 2. The second-order valence-corrected chi connectivity index (χ2v) is 10.8. The average molecular weight is 630 g/mol. The molecule has 0 fully saturated rings. The van der Waals surface area contributed by atoms with E-state index in [-0.39, 0.29) is 30.4 Å². The molecule has 0 aromatic heterocycles. The molecule has 42 heavy (non-hydrogen) atoms. The van der Waals surface area contributed by atoms with E-state index in [9.17, 15) is 19.5 Å². The number of amides is 2. The first-order valence-electron chi connectivity index (χ1n) is 13.4. The minimum Gasteiger partial charge on any atom is -0.478 e. The normalized spacial score (nSPS) is 13.4. The molecule has 0 radical (unpaired) electrons. The Hall–Kier alpha value is -4.47. The number of aromatic carboxylic acids is 1. The molecule has 5 rings (SSSR count). The van der Waals surface area contributed by atoms with Crippen LogP contribution in [0.2, 0.25) is 0 Å². The number of carboxylic acid groups (broad SMARTS) is 1. The van der Waals surface area contributed by atoms with Gasteiger partial charge in [-0.3, -0.25) is 4.79 Å². The number of carboxylic acids is 1. The summed E-state index contributed by atoms with van der Waals surface area (Å²) in [6.45, 7) is 1.99. The minimum absolute atomic E-state index is 0.0118. The first kappa shape index (κ1) is 29.0. The third-order valence-electron chi connectivity index (χ3n) is 7.19. The number of alkyl carbamates (subject to hydrolysis) is 1. The third-order valence-corrected chi connectivity index (χ3v) is 7.88. The van der Waals surface area contributed by atoms with Gasteiger partial charge in [0.1, 0.15) is 12.6 Å². The second-order valence-electron chi connectivity index (χ2n) is 9.94. The van der Waals surface area contributed by atoms with Crippen LogP contribution in [-0.2, 0) is 20.9 Å². The van der Waals surface area contributed by atoms with Crippen molar-refractivity contribution in [3.8, 4) is 11.1 Å². The summed E-state index contributed by atoms with van der Waals surface area (Å²) in [5.74, 6) is -1.87. The number of benzene rings is 4. The van der Waals surface area contributed by atoms with Crippen molar-refractivity contribution in [2.45, 2.75) is 31.6 Å². The van der Waals surface area contributed by atoms with Gasteiger partial charge in [-0.05, 0) is 68.9 Å². The molecule has 2 atom stereocenters. The lowest BCUT2D eigenvalue weighted by Gasteiger charge is -2.25. The Bertz CT molecular complexity index is 1560. The highest BCUT2D eigenvalue weighted by Crippen LogP contribution is 2.44. The van der Waals surface area contributed by atoms with Crippen LogP contribution in [0.3, 0.4) is 0 Å². The minimum atomic E-state index is -1.15. The highest BCUT2D eigenvalue weighted by atomic mass is 79.9. The number of rotatable bonds is 10. The van der Waals surface area contributed by atoms with Crippen molar-refractivity contribution in [3.05, 3.63) is 124 Å². The molecule has 2 amide bonds. The largest absolute Gasteiger partial charge is 0.478 e. The Morgan fingerprint density at radius 1 is 0.881 bits per heavy atom. The quantitative estimate of drug-likeness (QED) is 0.182. The molecule has 0 unspecified atom stereocenters. The number of carbonyl (C=O) groups is 3. The maximum atomic E-state index is 13.4. The first-order chi connectivity index (χ1) is 20.3. The van der Waals surface area contributed by atoms with Crippen molar-refractivity contribution < 1.29 is 29.0 Å². The van der Waals surface area contributed by atoms with Gasteiger partial charge in [0.25, 0.3) is 0 Å². The van der Waals surface area contributed by atoms with Crippen molar-refractivity contribution in [2.75, 3.05) is 11.9 Å². The van der Waals surface area contributed by atoms with Gasteiger partial charge in [-0.2, -0.15) is 0 Å². The van der Waals surface area contributed by atoms with E-state index in [0.29, 0.717) is 4.47 Å². The number of anilines is 1. The maximum Gasteiger partial charge on any atom is 0.407 e. The molecule has 0 saturated heterocycles. The Morgan fingerprint density at radius 2 is 1.50 bits per heavy atom. The van der Waals surface area contributed by atoms with Gasteiger partial charge < -0.3 is 25.2 Å². The van der Waals surface area contributed by atoms with Crippen LogP contribution in [0, 0.1) is 0 Å². The molecule has 4 aromatic rings. The molecule has 0 spiro atoms. The summed E-state index contributed by atoms with van der Waals surface area (Å²) < 4.78 is 12.0. The van der Waals surface area contributed by atoms with Crippen LogP contribution in [0.4, 0.5) is 10.5 Å². The highest BCUT2D eigenvalue weighted by Gasteiger charge is 2.32. The van der Waals surface area contributed by atoms with E-state index in [1.165, 1.54) is 12.1 Å². The summed E-state index contributed by atoms with van der Waals surface area (Å²) in [7, 11) is 0. The molecule has 8 nitrogen and oxygen atoms in total. The number of carbonyl (C=O) groups excluding carboxylic acids is 2. The summed E-state index contributed by atoms with van der Waals surface area (Å²) in [5, 5.41) is 14.8. The fraction of sp³-hybridized carbons (Fsp3) is 0.182. The van der Waals surface area contributed by atoms with Crippen LogP contribution in [0.25, 0.3) is 11.1 Å². The molecule has 0 saturated carbocycles. The fourth-order valence-electron chi connectivity index (χ4n) is 5.05. The van der Waals surface area contributed by atoms with Crippen molar-refractivity contribution in [2.24, 2.45) is 0 Å². The van der Waals surface area contributed by atoms with Crippen LogP contribution in [0.5, 0.6) is 0 Å². The summed E-state index contributed by atoms with van der Waals surface area (Å²) in [5.41, 5.74) is 5.52. The standard InChI is InChI=1S/C33H29BrN2O6/c1-20(41-18-21-9-3-2-4-10-21)30(31(37)35-22-15-16-29(34)27(17-22)32(38)39)36-33(40)42-19-28-25-13-7-5-11-23(25)24-12-6-8-14-26(24)28/h2-17,20,28,30H,18-19H2,1H3,(H,35,37)(H,36,40)(H,38,39)/t20-,30+/m0/s1. The van der Waals surface area contributed by atoms with Crippen molar-refractivity contribution in [3.63, 3.8) is 0 Å². The van der Waals surface area contributed by atoms with Crippen LogP contribution in [0.15, 0.2) is 102 Å². The molecule has 9 heteroatoms. The summed E-state index contributed by atoms with van der Waals surface area (Å²) in [4.78, 5) is 38.1. The summed E-state index contributed by atoms with van der Waals surface area (Å²) in [6, 6.07) is 28.8. The molecule has 1 aliphatic rings. The van der Waals surface area contributed by atoms with Crippen LogP contribution >= 0.6 is 15.9 Å². The molecule has 0 aliphatic heterocycles. The van der Waals surface area contributed by atoms with E-state index in [4.69, 9.17) is 9.47 Å². The molecule has 0 bridgehead atoms. The monoisotopic (exact) mass is 628 g/mol. The number of hydrogen-bond acceptors (Lipinski definition) is 5. The molecule has 3 N–H and O–H groups in total. The zero-order valence-corrected chi connectivity index (χ0v) is 24.3. The van der Waals surface area contributed by atoms with Crippen LogP contribution in [0.1, 0.15) is 39.9 Å². The molecule has 214 valence electrons. The number of hydrogen-bond donors (Lipinski definition) is 3. The Morgan fingerprint density at radius 3 is 2.14 bits per heavy atom. The molecular weight excluding hydrogens is 600 g/mol. The van der Waals surface area contributed by atoms with Gasteiger partial charge >= 0.3 is 12.1 Å². The molecule has 1 aliphatic carbocycles. The van der Waals surface area contributed by atoms with Gasteiger partial charge in [0.05, 0.1) is 18.3 Å². The van der Waals surface area contributed by atoms with Crippen LogP contribution < -0.4 is 10.6 Å². The lowest BCUT2D eigenvalue weighted by Crippen LogP contribution is -2.51. The molecule has 4 aromatic carbocycles. The van der Waals surface area contributed by atoms with E-state index >= 15 is 0 Å². The van der Waals surface area contributed by atoms with E-state index in [2.05, 4.69) is 38.7 Å². The van der Waals surface area contributed by atoms with E-state index in [1.54, 1.807) is 13.0 Å². The van der Waals surface area contributed by atoms with Gasteiger partial charge in [0, 0.05) is 16.1 Å². The van der Waals surface area contributed by atoms with Gasteiger partial charge in [0.2, 0.25) is 5.91 Å². The third kappa shape index (κ3) is 6.53. The van der Waals surface area contributed by atoms with E-state index < -0.39 is 30.1 Å². The Labute approximate surface area is 251 Å². The van der Waals surface area contributed by atoms with Crippen molar-refractivity contribution in [1.82, 2.24) is 5.32 Å². The lowest BCUT2D eigenvalue weighted by molar-refractivity contribution is -0.121. The molecular formula is C33H29BrN2O6. The van der Waals surface area contributed by atoms with Crippen molar-refractivity contribution in [1.29, 1.82) is 0 Å². The summed E-state index contributed by atoms with van der Waals surface area (Å²) >= 11 is 3.20. The first-order valence-corrected chi connectivity index (χ1v) is 14.2. The Balaban J connectivity index is 1.30. The average Bonchev–Trinajstić information content (AvgIpc) is 3.32. The number of ether oxygens (including phenoxy) is 2. The highest BCUT2D eigenvalue weighted by molar-refractivity contribution is 9.10. The molecule has 0 heterocycles. The fourth-order valence-corrected chi connectivity index (χ4v) is 5.46. The van der Waals surface area contributed by atoms with Gasteiger partial charge in [-0.25, -0.2) is 9.59 Å². The SMILES string of the molecule is C[C@H](OCc1ccccc1)[C@@H](NC(=O)OCC1c2ccccc2-c2ccccc21)C(=O)Nc1ccc(Br)c(C(=O)O)c1. The van der Waals surface area contributed by atoms with Gasteiger partial charge in [0.15, 0.2) is 0 Å². The number of fused-ring (bicyclic) bond motifs is 3. The van der Waals surface area contributed by atoms with Gasteiger partial charge in [-0.1, -0.05) is 78.9 Å². The predicted molar refractivity (Wildman–Crippen MR) is 162 cm³/mol. The topological polar surface area (TPSA) is 114 Å². The van der Waals surface area contributed by atoms with Gasteiger partial charge in [-0.15, -0.1) is 0 Å². The smallest absolute Gasteiger partial charge is 0.407 e. The zero-order valence-electron chi connectivity index (χ0n) is 22.8. The van der Waals surface area contributed by atoms with E-state index in [0.717, 1.165) is 27.8 Å². The lowest BCUT2D eigenvalue weighted by atomic mass is 9.98. The van der Waals surface area contributed by atoms with Crippen molar-refractivity contribution >= 4 is 39.6 Å². The zero-order chi connectivity index (χ0) is 29.6. The summed E-state index contributed by atoms with van der Waals surface area (Å²) in [6.07, 6.45) is -1.52. The van der Waals surface area contributed by atoms with Crippen LogP contribution in [-0.4, -0.2) is 41.8 Å². The Kier molecular flexibility index (Phi) is 9.00.